The summed E-state index contributed by atoms with van der Waals surface area (Å²) in [5.41, 5.74) is 0. The molecule has 0 spiro atoms. The van der Waals surface area contributed by atoms with Crippen molar-refractivity contribution in [3.8, 4) is 0 Å². The molecule has 0 aromatic rings. The Labute approximate surface area is 498 Å². The molecule has 0 bridgehead atoms. The zero-order valence-corrected chi connectivity index (χ0v) is 54.6. The molecular formula is C63H122O17P2. The SMILES string of the molecule is CCCCCCCCCC(=O)OC[C@H](COP(=O)(O)OC[C@H](O)COP(=O)(O)OC[C@@H](COC(=O)CCCCCCCCC(C)CC)OC(=O)CCCCCCCCCCCCCCCCC(C)CC)OC(=O)CCCCCCCCC. The summed E-state index contributed by atoms with van der Waals surface area (Å²) in [4.78, 5) is 71.9. The van der Waals surface area contributed by atoms with Crippen LogP contribution in [0.25, 0.3) is 0 Å². The van der Waals surface area contributed by atoms with Crippen molar-refractivity contribution in [1.29, 1.82) is 0 Å². The largest absolute Gasteiger partial charge is 0.472 e. The normalized spacial score (nSPS) is 15.0. The summed E-state index contributed by atoms with van der Waals surface area (Å²) in [5, 5.41) is 10.5. The number of carbonyl (C=O) groups excluding carboxylic acids is 4. The predicted octanol–water partition coefficient (Wildman–Crippen LogP) is 17.3. The molecular weight excluding hydrogens is 1090 g/mol. The van der Waals surface area contributed by atoms with Gasteiger partial charge in [0.15, 0.2) is 12.2 Å². The van der Waals surface area contributed by atoms with Crippen molar-refractivity contribution >= 4 is 39.5 Å². The molecule has 7 atom stereocenters. The molecule has 0 aliphatic rings. The molecule has 0 aromatic heterocycles. The van der Waals surface area contributed by atoms with Gasteiger partial charge in [0.05, 0.1) is 26.4 Å². The van der Waals surface area contributed by atoms with E-state index in [1.165, 1.54) is 96.3 Å². The van der Waals surface area contributed by atoms with Crippen LogP contribution in [0.4, 0.5) is 0 Å². The lowest BCUT2D eigenvalue weighted by Crippen LogP contribution is -2.30. The first-order valence-corrected chi connectivity index (χ1v) is 36.1. The minimum atomic E-state index is -4.94. The number of phosphoric ester groups is 2. The van der Waals surface area contributed by atoms with Gasteiger partial charge < -0.3 is 33.8 Å². The third-order valence-electron chi connectivity index (χ3n) is 15.2. The summed E-state index contributed by atoms with van der Waals surface area (Å²) < 4.78 is 67.7. The third-order valence-corrected chi connectivity index (χ3v) is 17.1. The highest BCUT2D eigenvalue weighted by Crippen LogP contribution is 2.45. The van der Waals surface area contributed by atoms with Crippen LogP contribution in [0.3, 0.4) is 0 Å². The monoisotopic (exact) mass is 1210 g/mol. The van der Waals surface area contributed by atoms with Crippen LogP contribution in [-0.2, 0) is 65.4 Å². The lowest BCUT2D eigenvalue weighted by molar-refractivity contribution is -0.161. The molecule has 486 valence electrons. The van der Waals surface area contributed by atoms with Gasteiger partial charge in [-0.3, -0.25) is 37.3 Å². The van der Waals surface area contributed by atoms with Crippen molar-refractivity contribution in [2.24, 2.45) is 11.8 Å². The number of rotatable bonds is 62. The molecule has 4 unspecified atom stereocenters. The van der Waals surface area contributed by atoms with E-state index >= 15 is 0 Å². The Balaban J connectivity index is 5.15. The summed E-state index contributed by atoms with van der Waals surface area (Å²) in [6.45, 7) is 9.42. The van der Waals surface area contributed by atoms with Crippen LogP contribution in [-0.4, -0.2) is 96.7 Å². The number of phosphoric acid groups is 2. The van der Waals surface area contributed by atoms with E-state index in [1.54, 1.807) is 0 Å². The summed E-state index contributed by atoms with van der Waals surface area (Å²) in [7, 11) is -9.87. The Bertz CT molecular complexity index is 1620. The lowest BCUT2D eigenvalue weighted by atomic mass is 9.99. The van der Waals surface area contributed by atoms with Gasteiger partial charge in [0.2, 0.25) is 0 Å². The lowest BCUT2D eigenvalue weighted by Gasteiger charge is -2.21. The van der Waals surface area contributed by atoms with Gasteiger partial charge in [-0.05, 0) is 37.5 Å². The number of esters is 4. The van der Waals surface area contributed by atoms with E-state index in [0.29, 0.717) is 25.7 Å². The number of hydrogen-bond donors (Lipinski definition) is 3. The maximum atomic E-state index is 13.0. The van der Waals surface area contributed by atoms with Crippen LogP contribution in [0.1, 0.15) is 311 Å². The molecule has 0 fully saturated rings. The molecule has 82 heavy (non-hydrogen) atoms. The number of carbonyl (C=O) groups is 4. The van der Waals surface area contributed by atoms with E-state index in [4.69, 9.17) is 37.0 Å². The van der Waals surface area contributed by atoms with E-state index < -0.39 is 97.5 Å². The average Bonchev–Trinajstić information content (AvgIpc) is 3.47. The van der Waals surface area contributed by atoms with Crippen LogP contribution in [0, 0.1) is 11.8 Å². The van der Waals surface area contributed by atoms with E-state index in [1.807, 2.05) is 0 Å². The fraction of sp³-hybridized carbons (Fsp3) is 0.937. The summed E-state index contributed by atoms with van der Waals surface area (Å²) >= 11 is 0. The van der Waals surface area contributed by atoms with Gasteiger partial charge in [-0.1, -0.05) is 260 Å². The van der Waals surface area contributed by atoms with Gasteiger partial charge in [-0.15, -0.1) is 0 Å². The average molecular weight is 1210 g/mol. The van der Waals surface area contributed by atoms with Crippen molar-refractivity contribution in [2.75, 3.05) is 39.6 Å². The first-order chi connectivity index (χ1) is 39.4. The second kappa shape index (κ2) is 55.6. The molecule has 3 N–H and O–H groups in total. The maximum absolute atomic E-state index is 13.0. The Hall–Kier alpha value is -1.94. The van der Waals surface area contributed by atoms with Gasteiger partial charge >= 0.3 is 39.5 Å². The molecule has 0 saturated heterocycles. The van der Waals surface area contributed by atoms with Gasteiger partial charge in [0.1, 0.15) is 19.3 Å². The standard InChI is InChI=1S/C63H122O17P2/c1-7-11-13-15-25-33-39-45-60(65)73-51-58(79-62(67)47-41-35-26-16-14-12-8-2)53-77-81(69,70)75-49-57(64)50-76-82(71,72)78-54-59(52-74-61(66)46-40-34-30-29-32-38-44-56(6)10-4)80-63(68)48-42-36-28-24-22-20-18-17-19-21-23-27-31-37-43-55(5)9-3/h55-59,64H,7-54H2,1-6H3,(H,69,70)(H,71,72)/t55?,56?,57-,58+,59+/m0/s1. The molecule has 0 rings (SSSR count). The molecule has 0 aliphatic carbocycles. The van der Waals surface area contributed by atoms with E-state index in [0.717, 1.165) is 134 Å². The highest BCUT2D eigenvalue weighted by molar-refractivity contribution is 7.47. The second-order valence-corrected chi connectivity index (χ2v) is 26.2. The quantitative estimate of drug-likeness (QED) is 0.0222. The van der Waals surface area contributed by atoms with Crippen LogP contribution in [0.2, 0.25) is 0 Å². The minimum absolute atomic E-state index is 0.103. The van der Waals surface area contributed by atoms with Crippen molar-refractivity contribution < 1.29 is 80.2 Å². The summed E-state index contributed by atoms with van der Waals surface area (Å²) in [6, 6.07) is 0. The van der Waals surface area contributed by atoms with Crippen LogP contribution < -0.4 is 0 Å². The molecule has 19 heteroatoms. The maximum Gasteiger partial charge on any atom is 0.472 e. The molecule has 17 nitrogen and oxygen atoms in total. The zero-order valence-electron chi connectivity index (χ0n) is 52.8. The fourth-order valence-electron chi connectivity index (χ4n) is 9.29. The van der Waals surface area contributed by atoms with E-state index in [2.05, 4.69) is 41.5 Å². The molecule has 0 heterocycles. The molecule has 0 aliphatic heterocycles. The Kier molecular flexibility index (Phi) is 54.3. The Morgan fingerprint density at radius 3 is 0.866 bits per heavy atom. The van der Waals surface area contributed by atoms with Gasteiger partial charge in [0.25, 0.3) is 0 Å². The summed E-state index contributed by atoms with van der Waals surface area (Å²) in [6.07, 6.45) is 37.8. The first-order valence-electron chi connectivity index (χ1n) is 33.1. The van der Waals surface area contributed by atoms with Gasteiger partial charge in [0, 0.05) is 25.7 Å². The Morgan fingerprint density at radius 2 is 0.585 bits per heavy atom. The topological polar surface area (TPSA) is 237 Å². The smallest absolute Gasteiger partial charge is 0.462 e. The third kappa shape index (κ3) is 54.7. The minimum Gasteiger partial charge on any atom is -0.462 e. The van der Waals surface area contributed by atoms with Crippen LogP contribution >= 0.6 is 15.6 Å². The van der Waals surface area contributed by atoms with Crippen molar-refractivity contribution in [3.63, 3.8) is 0 Å². The second-order valence-electron chi connectivity index (χ2n) is 23.3. The van der Waals surface area contributed by atoms with E-state index in [-0.39, 0.29) is 25.7 Å². The van der Waals surface area contributed by atoms with Gasteiger partial charge in [-0.25, -0.2) is 9.13 Å². The van der Waals surface area contributed by atoms with Crippen molar-refractivity contribution in [2.45, 2.75) is 330 Å². The van der Waals surface area contributed by atoms with Crippen molar-refractivity contribution in [3.05, 3.63) is 0 Å². The van der Waals surface area contributed by atoms with Crippen LogP contribution in [0.5, 0.6) is 0 Å². The van der Waals surface area contributed by atoms with E-state index in [9.17, 15) is 43.2 Å². The molecule has 0 amide bonds. The number of aliphatic hydroxyl groups is 1. The first kappa shape index (κ1) is 80.1. The van der Waals surface area contributed by atoms with Crippen LogP contribution in [0.15, 0.2) is 0 Å². The zero-order chi connectivity index (χ0) is 60.8. The number of unbranched alkanes of at least 4 members (excludes halogenated alkanes) is 30. The number of hydrogen-bond acceptors (Lipinski definition) is 15. The fourth-order valence-corrected chi connectivity index (χ4v) is 10.9. The molecule has 0 aromatic carbocycles. The van der Waals surface area contributed by atoms with Gasteiger partial charge in [-0.2, -0.15) is 0 Å². The van der Waals surface area contributed by atoms with Crippen molar-refractivity contribution in [1.82, 2.24) is 0 Å². The molecule has 0 radical (unpaired) electrons. The Morgan fingerprint density at radius 1 is 0.341 bits per heavy atom. The highest BCUT2D eigenvalue weighted by Gasteiger charge is 2.30. The summed E-state index contributed by atoms with van der Waals surface area (Å²) in [5.74, 6) is -0.568. The number of ether oxygens (including phenoxy) is 4. The number of aliphatic hydroxyl groups excluding tert-OH is 1. The highest BCUT2D eigenvalue weighted by atomic mass is 31.2. The molecule has 0 saturated carbocycles. The predicted molar refractivity (Wildman–Crippen MR) is 326 cm³/mol.